The monoisotopic (exact) mass is 176 g/mol. The number of nitrogens with one attached hydrogen (secondary N) is 1. The number of aliphatic hydroxyl groups excluding tert-OH is 3. The zero-order valence-electron chi connectivity index (χ0n) is 7.01. The van der Waals surface area contributed by atoms with E-state index in [9.17, 15) is 15.3 Å². The Hall–Kier alpha value is -0.200. The van der Waals surface area contributed by atoms with Gasteiger partial charge in [0, 0.05) is 12.1 Å². The molecule has 1 fully saturated rings. The van der Waals surface area contributed by atoms with E-state index in [1.165, 1.54) is 0 Å². The molecule has 5 nitrogen and oxygen atoms in total. The lowest BCUT2D eigenvalue weighted by Crippen LogP contribution is -2.61. The first-order valence-electron chi connectivity index (χ1n) is 4.05. The molecule has 0 saturated heterocycles. The molecule has 0 unspecified atom stereocenters. The molecule has 0 amide bonds. The molecule has 1 aliphatic rings. The number of hydrogen-bond donors (Lipinski definition) is 5. The van der Waals surface area contributed by atoms with Crippen molar-refractivity contribution in [3.05, 3.63) is 0 Å². The maximum atomic E-state index is 9.40. The van der Waals surface area contributed by atoms with Crippen LogP contribution in [-0.4, -0.2) is 52.8 Å². The molecule has 72 valence electrons. The summed E-state index contributed by atoms with van der Waals surface area (Å²) < 4.78 is 0. The highest BCUT2D eigenvalue weighted by Crippen LogP contribution is 2.18. The molecule has 1 aliphatic carbocycles. The average Bonchev–Trinajstić information content (AvgIpc) is 2.08. The van der Waals surface area contributed by atoms with Crippen molar-refractivity contribution in [3.8, 4) is 0 Å². The van der Waals surface area contributed by atoms with Crippen molar-refractivity contribution in [2.24, 2.45) is 5.73 Å². The van der Waals surface area contributed by atoms with Gasteiger partial charge in [-0.1, -0.05) is 0 Å². The average molecular weight is 176 g/mol. The Bertz CT molecular complexity index is 151. The topological polar surface area (TPSA) is 98.7 Å². The third-order valence-corrected chi connectivity index (χ3v) is 2.45. The maximum absolute atomic E-state index is 9.40. The molecule has 0 radical (unpaired) electrons. The molecule has 0 aliphatic heterocycles. The number of nitrogens with two attached hydrogens (primary N) is 1. The first kappa shape index (κ1) is 9.88. The van der Waals surface area contributed by atoms with E-state index in [1.54, 1.807) is 7.05 Å². The summed E-state index contributed by atoms with van der Waals surface area (Å²) in [6, 6.07) is -0.709. The van der Waals surface area contributed by atoms with Gasteiger partial charge in [0.2, 0.25) is 0 Å². The summed E-state index contributed by atoms with van der Waals surface area (Å²) >= 11 is 0. The summed E-state index contributed by atoms with van der Waals surface area (Å²) in [6.07, 6.45) is -2.64. The lowest BCUT2D eigenvalue weighted by atomic mass is 9.84. The first-order chi connectivity index (χ1) is 5.57. The highest BCUT2D eigenvalue weighted by atomic mass is 16.4. The Kier molecular flexibility index (Phi) is 3.03. The summed E-state index contributed by atoms with van der Waals surface area (Å²) in [5.41, 5.74) is 5.54. The van der Waals surface area contributed by atoms with Gasteiger partial charge in [-0.2, -0.15) is 0 Å². The summed E-state index contributed by atoms with van der Waals surface area (Å²) in [7, 11) is 1.69. The van der Waals surface area contributed by atoms with Crippen molar-refractivity contribution < 1.29 is 15.3 Å². The Morgan fingerprint density at radius 2 is 1.75 bits per heavy atom. The van der Waals surface area contributed by atoms with Crippen LogP contribution in [0.3, 0.4) is 0 Å². The highest BCUT2D eigenvalue weighted by molar-refractivity contribution is 4.97. The fraction of sp³-hybridized carbons (Fsp3) is 1.00. The molecular weight excluding hydrogens is 160 g/mol. The first-order valence-corrected chi connectivity index (χ1v) is 4.05. The lowest BCUT2D eigenvalue weighted by Gasteiger charge is -2.38. The van der Waals surface area contributed by atoms with Crippen LogP contribution in [0.5, 0.6) is 0 Å². The third-order valence-electron chi connectivity index (χ3n) is 2.45. The van der Waals surface area contributed by atoms with Crippen molar-refractivity contribution in [1.29, 1.82) is 0 Å². The Morgan fingerprint density at radius 3 is 2.25 bits per heavy atom. The third kappa shape index (κ3) is 1.60. The van der Waals surface area contributed by atoms with Gasteiger partial charge in [-0.25, -0.2) is 0 Å². The number of likely N-dealkylation sites (N-methyl/N-ethyl adjacent to an activating group) is 1. The van der Waals surface area contributed by atoms with Crippen LogP contribution in [0.2, 0.25) is 0 Å². The van der Waals surface area contributed by atoms with Gasteiger partial charge in [0.15, 0.2) is 0 Å². The molecule has 0 aromatic heterocycles. The minimum absolute atomic E-state index is 0.238. The fourth-order valence-corrected chi connectivity index (χ4v) is 1.55. The molecule has 0 aromatic carbocycles. The van der Waals surface area contributed by atoms with E-state index < -0.39 is 24.4 Å². The second kappa shape index (κ2) is 3.68. The molecule has 0 aromatic rings. The van der Waals surface area contributed by atoms with Gasteiger partial charge in [0.25, 0.3) is 0 Å². The van der Waals surface area contributed by atoms with Crippen LogP contribution in [0, 0.1) is 0 Å². The summed E-state index contributed by atoms with van der Waals surface area (Å²) in [5.74, 6) is 0. The van der Waals surface area contributed by atoms with Crippen molar-refractivity contribution >= 4 is 0 Å². The number of hydrogen-bond acceptors (Lipinski definition) is 5. The standard InChI is InChI=1S/C7H16N2O3/c1-9-4-2-3(8)5(10)7(12)6(4)11/h3-7,9-12H,2,8H2,1H3/t3-,4+,5+,6-,7-/m1/s1. The van der Waals surface area contributed by atoms with Crippen LogP contribution >= 0.6 is 0 Å². The van der Waals surface area contributed by atoms with Crippen LogP contribution in [0.1, 0.15) is 6.42 Å². The molecular formula is C7H16N2O3. The number of rotatable bonds is 1. The van der Waals surface area contributed by atoms with Crippen molar-refractivity contribution in [3.63, 3.8) is 0 Å². The molecule has 5 heteroatoms. The van der Waals surface area contributed by atoms with Gasteiger partial charge in [0.05, 0.1) is 12.2 Å². The molecule has 0 bridgehead atoms. The summed E-state index contributed by atoms with van der Waals surface area (Å²) in [4.78, 5) is 0. The SMILES string of the molecule is CN[C@H]1C[C@@H](N)[C@H](O)[C@@H](O)[C@@H]1O. The number of aliphatic hydroxyl groups is 3. The molecule has 1 rings (SSSR count). The normalized spacial score (nSPS) is 49.2. The van der Waals surface area contributed by atoms with Gasteiger partial charge < -0.3 is 26.4 Å². The van der Waals surface area contributed by atoms with Gasteiger partial charge >= 0.3 is 0 Å². The molecule has 12 heavy (non-hydrogen) atoms. The van der Waals surface area contributed by atoms with Gasteiger partial charge in [-0.15, -0.1) is 0 Å². The van der Waals surface area contributed by atoms with Crippen LogP contribution < -0.4 is 11.1 Å². The maximum Gasteiger partial charge on any atom is 0.109 e. The van der Waals surface area contributed by atoms with Crippen LogP contribution in [0.4, 0.5) is 0 Å². The van der Waals surface area contributed by atoms with E-state index >= 15 is 0 Å². The van der Waals surface area contributed by atoms with Crippen molar-refractivity contribution in [1.82, 2.24) is 5.32 Å². The lowest BCUT2D eigenvalue weighted by molar-refractivity contribution is -0.105. The summed E-state index contributed by atoms with van der Waals surface area (Å²) in [6.45, 7) is 0. The molecule has 5 atom stereocenters. The second-order valence-electron chi connectivity index (χ2n) is 3.27. The zero-order chi connectivity index (χ0) is 9.30. The fourth-order valence-electron chi connectivity index (χ4n) is 1.55. The molecule has 6 N–H and O–H groups in total. The van der Waals surface area contributed by atoms with E-state index in [0.29, 0.717) is 6.42 Å². The molecule has 0 spiro atoms. The predicted molar refractivity (Wildman–Crippen MR) is 43.5 cm³/mol. The van der Waals surface area contributed by atoms with Crippen molar-refractivity contribution in [2.75, 3.05) is 7.05 Å². The smallest absolute Gasteiger partial charge is 0.109 e. The Balaban J connectivity index is 2.63. The Morgan fingerprint density at radius 1 is 1.17 bits per heavy atom. The van der Waals surface area contributed by atoms with Crippen molar-refractivity contribution in [2.45, 2.75) is 36.8 Å². The van der Waals surface area contributed by atoms with E-state index in [-0.39, 0.29) is 6.04 Å². The minimum atomic E-state index is -1.15. The van der Waals surface area contributed by atoms with E-state index in [2.05, 4.69) is 5.32 Å². The van der Waals surface area contributed by atoms with Gasteiger partial charge in [-0.3, -0.25) is 0 Å². The minimum Gasteiger partial charge on any atom is -0.389 e. The Labute approximate surface area is 71.2 Å². The predicted octanol–water partition coefficient (Wildman–Crippen LogP) is -2.61. The highest BCUT2D eigenvalue weighted by Gasteiger charge is 2.40. The van der Waals surface area contributed by atoms with E-state index in [0.717, 1.165) is 0 Å². The zero-order valence-corrected chi connectivity index (χ0v) is 7.01. The largest absolute Gasteiger partial charge is 0.389 e. The van der Waals surface area contributed by atoms with Crippen LogP contribution in [-0.2, 0) is 0 Å². The quantitative estimate of drug-likeness (QED) is 0.301. The van der Waals surface area contributed by atoms with Crippen LogP contribution in [0.25, 0.3) is 0 Å². The summed E-state index contributed by atoms with van der Waals surface area (Å²) in [5, 5.41) is 30.8. The van der Waals surface area contributed by atoms with E-state index in [1.807, 2.05) is 0 Å². The van der Waals surface area contributed by atoms with Gasteiger partial charge in [-0.05, 0) is 13.5 Å². The van der Waals surface area contributed by atoms with Crippen LogP contribution in [0.15, 0.2) is 0 Å². The van der Waals surface area contributed by atoms with E-state index in [4.69, 9.17) is 5.73 Å². The molecule has 1 saturated carbocycles. The molecule has 0 heterocycles. The van der Waals surface area contributed by atoms with Gasteiger partial charge in [0.1, 0.15) is 6.10 Å². The second-order valence-corrected chi connectivity index (χ2v) is 3.27.